The molecule has 0 aliphatic heterocycles. The fourth-order valence-electron chi connectivity index (χ4n) is 1.50. The van der Waals surface area contributed by atoms with Crippen LogP contribution in [0.15, 0.2) is 0 Å². The fourth-order valence-corrected chi connectivity index (χ4v) is 2.72. The second-order valence-electron chi connectivity index (χ2n) is 2.86. The monoisotopic (exact) mass is 226 g/mol. The Kier molecular flexibility index (Phi) is 6.81. The van der Waals surface area contributed by atoms with E-state index in [9.17, 15) is 4.57 Å². The maximum Gasteiger partial charge on any atom is 0.194 e. The van der Waals surface area contributed by atoms with Crippen LogP contribution in [0.25, 0.3) is 0 Å². The minimum absolute atomic E-state index is 0. The maximum atomic E-state index is 11.1. The van der Waals surface area contributed by atoms with E-state index in [1.165, 1.54) is 19.3 Å². The van der Waals surface area contributed by atoms with E-state index in [1.54, 1.807) is 7.11 Å². The molecular weight excluding hydrogens is 212 g/mol. The standard InChI is InChI=1S/C7H15O2P.Zn/c1-9-10(8)7-5-3-2-4-6-7;/h7,10H,2-6H2,1H3;. The molecule has 0 radical (unpaired) electrons. The van der Waals surface area contributed by atoms with Gasteiger partial charge in [-0.25, -0.2) is 0 Å². The molecule has 62 valence electrons. The van der Waals surface area contributed by atoms with Gasteiger partial charge in [0.15, 0.2) is 8.03 Å². The summed E-state index contributed by atoms with van der Waals surface area (Å²) in [5.74, 6) is 0. The molecule has 0 aromatic heterocycles. The molecule has 4 heteroatoms. The van der Waals surface area contributed by atoms with Gasteiger partial charge in [0.05, 0.1) is 0 Å². The second kappa shape index (κ2) is 6.34. The Morgan fingerprint density at radius 3 is 2.27 bits per heavy atom. The van der Waals surface area contributed by atoms with Gasteiger partial charge in [-0.15, -0.1) is 0 Å². The van der Waals surface area contributed by atoms with Crippen LogP contribution in [-0.4, -0.2) is 12.8 Å². The molecule has 0 aromatic carbocycles. The Morgan fingerprint density at radius 1 is 1.27 bits per heavy atom. The molecule has 1 rings (SSSR count). The summed E-state index contributed by atoms with van der Waals surface area (Å²) in [6.45, 7) is 0. The van der Waals surface area contributed by atoms with Crippen molar-refractivity contribution in [3.8, 4) is 0 Å². The van der Waals surface area contributed by atoms with Gasteiger partial charge in [0.2, 0.25) is 0 Å². The third kappa shape index (κ3) is 3.83. The average Bonchev–Trinajstić information content (AvgIpc) is 2.05. The van der Waals surface area contributed by atoms with Crippen LogP contribution in [-0.2, 0) is 28.6 Å². The molecule has 11 heavy (non-hydrogen) atoms. The van der Waals surface area contributed by atoms with E-state index in [-0.39, 0.29) is 19.5 Å². The number of hydrogen-bond acceptors (Lipinski definition) is 2. The minimum atomic E-state index is -1.68. The summed E-state index contributed by atoms with van der Waals surface area (Å²) in [5, 5.41) is 0. The molecule has 1 atom stereocenters. The van der Waals surface area contributed by atoms with Gasteiger partial charge in [-0.2, -0.15) is 0 Å². The van der Waals surface area contributed by atoms with E-state index in [4.69, 9.17) is 4.52 Å². The van der Waals surface area contributed by atoms with Crippen LogP contribution >= 0.6 is 8.03 Å². The van der Waals surface area contributed by atoms with Gasteiger partial charge in [0.1, 0.15) is 0 Å². The average molecular weight is 228 g/mol. The molecule has 1 aliphatic rings. The molecular formula is C7H15O2PZn. The third-order valence-electron chi connectivity index (χ3n) is 2.14. The summed E-state index contributed by atoms with van der Waals surface area (Å²) in [7, 11) is -0.128. The molecule has 0 N–H and O–H groups in total. The molecule has 1 fully saturated rings. The van der Waals surface area contributed by atoms with Crippen molar-refractivity contribution in [2.75, 3.05) is 7.11 Å². The van der Waals surface area contributed by atoms with Crippen molar-refractivity contribution in [1.82, 2.24) is 0 Å². The Balaban J connectivity index is 0.000001000. The largest absolute Gasteiger partial charge is 0.334 e. The SMILES string of the molecule is CO[PH](=O)C1CCCCC1.[Zn]. The van der Waals surface area contributed by atoms with Crippen LogP contribution in [0, 0.1) is 0 Å². The summed E-state index contributed by atoms with van der Waals surface area (Å²) in [5.41, 5.74) is 0.392. The number of hydrogen-bond donors (Lipinski definition) is 0. The van der Waals surface area contributed by atoms with Gasteiger partial charge >= 0.3 is 0 Å². The van der Waals surface area contributed by atoms with Crippen molar-refractivity contribution in [2.24, 2.45) is 0 Å². The molecule has 0 bridgehead atoms. The molecule has 1 saturated carbocycles. The fraction of sp³-hybridized carbons (Fsp3) is 1.00. The second-order valence-corrected chi connectivity index (χ2v) is 4.72. The van der Waals surface area contributed by atoms with Gasteiger partial charge in [-0.3, -0.25) is 4.57 Å². The smallest absolute Gasteiger partial charge is 0.194 e. The molecule has 1 unspecified atom stereocenters. The van der Waals surface area contributed by atoms with Crippen molar-refractivity contribution in [3.63, 3.8) is 0 Å². The number of rotatable bonds is 2. The summed E-state index contributed by atoms with van der Waals surface area (Å²) in [4.78, 5) is 0. The Morgan fingerprint density at radius 2 is 1.82 bits per heavy atom. The summed E-state index contributed by atoms with van der Waals surface area (Å²) in [6, 6.07) is 0. The van der Waals surface area contributed by atoms with E-state index in [0.717, 1.165) is 12.8 Å². The predicted molar refractivity (Wildman–Crippen MR) is 42.9 cm³/mol. The predicted octanol–water partition coefficient (Wildman–Crippen LogP) is 2.44. The van der Waals surface area contributed by atoms with E-state index < -0.39 is 8.03 Å². The molecule has 0 spiro atoms. The molecule has 1 aliphatic carbocycles. The maximum absolute atomic E-state index is 11.1. The van der Waals surface area contributed by atoms with Crippen molar-refractivity contribution in [1.29, 1.82) is 0 Å². The molecule has 0 heterocycles. The van der Waals surface area contributed by atoms with Gasteiger partial charge in [-0.05, 0) is 12.8 Å². The summed E-state index contributed by atoms with van der Waals surface area (Å²) in [6.07, 6.45) is 6.03. The van der Waals surface area contributed by atoms with Crippen molar-refractivity contribution in [3.05, 3.63) is 0 Å². The van der Waals surface area contributed by atoms with Crippen LogP contribution < -0.4 is 0 Å². The first-order chi connectivity index (χ1) is 4.84. The van der Waals surface area contributed by atoms with Crippen LogP contribution in [0.3, 0.4) is 0 Å². The molecule has 2 nitrogen and oxygen atoms in total. The van der Waals surface area contributed by atoms with Crippen molar-refractivity contribution in [2.45, 2.75) is 37.8 Å². The summed E-state index contributed by atoms with van der Waals surface area (Å²) < 4.78 is 16.0. The Hall–Kier alpha value is 0.813. The molecule has 0 aromatic rings. The molecule has 0 amide bonds. The van der Waals surface area contributed by atoms with Gasteiger partial charge < -0.3 is 4.52 Å². The van der Waals surface area contributed by atoms with Gasteiger partial charge in [0, 0.05) is 32.2 Å². The first-order valence-electron chi connectivity index (χ1n) is 3.92. The zero-order chi connectivity index (χ0) is 7.40. The third-order valence-corrected chi connectivity index (χ3v) is 3.79. The van der Waals surface area contributed by atoms with Gasteiger partial charge in [0.25, 0.3) is 0 Å². The van der Waals surface area contributed by atoms with Crippen molar-refractivity contribution < 1.29 is 28.6 Å². The topological polar surface area (TPSA) is 26.3 Å². The normalized spacial score (nSPS) is 22.3. The van der Waals surface area contributed by atoms with Crippen LogP contribution in [0.4, 0.5) is 0 Å². The van der Waals surface area contributed by atoms with Gasteiger partial charge in [-0.1, -0.05) is 19.3 Å². The quantitative estimate of drug-likeness (QED) is 0.535. The van der Waals surface area contributed by atoms with E-state index >= 15 is 0 Å². The minimum Gasteiger partial charge on any atom is -0.334 e. The summed E-state index contributed by atoms with van der Waals surface area (Å²) >= 11 is 0. The Bertz CT molecular complexity index is 124. The van der Waals surface area contributed by atoms with Crippen LogP contribution in [0.5, 0.6) is 0 Å². The van der Waals surface area contributed by atoms with E-state index in [2.05, 4.69) is 0 Å². The van der Waals surface area contributed by atoms with E-state index in [1.807, 2.05) is 0 Å². The van der Waals surface area contributed by atoms with E-state index in [0.29, 0.717) is 5.66 Å². The molecule has 0 saturated heterocycles. The van der Waals surface area contributed by atoms with Crippen LogP contribution in [0.2, 0.25) is 0 Å². The van der Waals surface area contributed by atoms with Crippen LogP contribution in [0.1, 0.15) is 32.1 Å². The first kappa shape index (κ1) is 11.8. The zero-order valence-electron chi connectivity index (χ0n) is 7.14. The van der Waals surface area contributed by atoms with Crippen molar-refractivity contribution >= 4 is 8.03 Å². The Labute approximate surface area is 81.7 Å². The zero-order valence-corrected chi connectivity index (χ0v) is 11.1. The first-order valence-corrected chi connectivity index (χ1v) is 5.32.